The monoisotopic (exact) mass is 246 g/mol. The molecule has 0 spiro atoms. The summed E-state index contributed by atoms with van der Waals surface area (Å²) in [5.74, 6) is 2.42. The zero-order chi connectivity index (χ0) is 13.1. The van der Waals surface area contributed by atoms with E-state index in [1.165, 1.54) is 5.39 Å². The molecule has 2 rings (SSSR count). The lowest BCUT2D eigenvalue weighted by Gasteiger charge is -2.15. The smallest absolute Gasteiger partial charge is 0.164 e. The van der Waals surface area contributed by atoms with E-state index in [0.29, 0.717) is 0 Å². The van der Waals surface area contributed by atoms with Gasteiger partial charge in [0.25, 0.3) is 0 Å². The third kappa shape index (κ3) is 1.96. The molecule has 0 aliphatic rings. The maximum Gasteiger partial charge on any atom is 0.164 e. The van der Waals surface area contributed by atoms with Gasteiger partial charge in [-0.3, -0.25) is 0 Å². The van der Waals surface area contributed by atoms with Crippen LogP contribution < -0.4 is 14.2 Å². The molecule has 0 aromatic heterocycles. The van der Waals surface area contributed by atoms with Gasteiger partial charge < -0.3 is 14.2 Å². The molecule has 0 heterocycles. The van der Waals surface area contributed by atoms with Crippen LogP contribution in [-0.2, 0) is 6.42 Å². The molecule has 0 atom stereocenters. The minimum Gasteiger partial charge on any atom is -0.497 e. The Labute approximate surface area is 107 Å². The van der Waals surface area contributed by atoms with Gasteiger partial charge in [0.1, 0.15) is 5.75 Å². The highest BCUT2D eigenvalue weighted by atomic mass is 16.5. The van der Waals surface area contributed by atoms with E-state index in [9.17, 15) is 0 Å². The fraction of sp³-hybridized carbons (Fsp3) is 0.333. The van der Waals surface area contributed by atoms with Crippen LogP contribution >= 0.6 is 0 Å². The minimum atomic E-state index is 0.759. The Hall–Kier alpha value is -1.90. The van der Waals surface area contributed by atoms with Crippen LogP contribution in [-0.4, -0.2) is 21.3 Å². The van der Waals surface area contributed by atoms with Crippen LogP contribution in [0.3, 0.4) is 0 Å². The topological polar surface area (TPSA) is 27.7 Å². The Morgan fingerprint density at radius 3 is 2.28 bits per heavy atom. The zero-order valence-electron chi connectivity index (χ0n) is 11.2. The maximum atomic E-state index is 5.47. The highest BCUT2D eigenvalue weighted by Gasteiger charge is 2.13. The molecule has 3 heteroatoms. The standard InChI is InChI=1S/C15H18O3/c1-5-12-13-7-6-11(16-2)8-10(13)9-14(17-3)15(12)18-4/h6-9H,5H2,1-4H3. The molecule has 0 saturated carbocycles. The van der Waals surface area contributed by atoms with Gasteiger partial charge in [-0.25, -0.2) is 0 Å². The molecular weight excluding hydrogens is 228 g/mol. The van der Waals surface area contributed by atoms with Crippen molar-refractivity contribution in [1.29, 1.82) is 0 Å². The molecule has 0 N–H and O–H groups in total. The summed E-state index contributed by atoms with van der Waals surface area (Å²) in [6.07, 6.45) is 0.892. The van der Waals surface area contributed by atoms with Crippen LogP contribution in [0.15, 0.2) is 24.3 Å². The average Bonchev–Trinajstić information content (AvgIpc) is 2.44. The number of rotatable bonds is 4. The van der Waals surface area contributed by atoms with E-state index in [0.717, 1.165) is 34.6 Å². The van der Waals surface area contributed by atoms with Gasteiger partial charge in [-0.15, -0.1) is 0 Å². The molecule has 0 radical (unpaired) electrons. The molecule has 0 aliphatic heterocycles. The van der Waals surface area contributed by atoms with Gasteiger partial charge in [-0.2, -0.15) is 0 Å². The van der Waals surface area contributed by atoms with Crippen LogP contribution in [0.5, 0.6) is 17.2 Å². The molecule has 0 bridgehead atoms. The van der Waals surface area contributed by atoms with E-state index in [1.54, 1.807) is 21.3 Å². The van der Waals surface area contributed by atoms with E-state index in [1.807, 2.05) is 18.2 Å². The number of benzene rings is 2. The summed E-state index contributed by atoms with van der Waals surface area (Å²) in [5.41, 5.74) is 1.16. The Morgan fingerprint density at radius 1 is 0.944 bits per heavy atom. The second-order valence-corrected chi connectivity index (χ2v) is 4.03. The Balaban J connectivity index is 2.78. The highest BCUT2D eigenvalue weighted by molar-refractivity contribution is 5.91. The van der Waals surface area contributed by atoms with Gasteiger partial charge in [0.05, 0.1) is 21.3 Å². The molecule has 2 aromatic rings. The average molecular weight is 246 g/mol. The summed E-state index contributed by atoms with van der Waals surface area (Å²) < 4.78 is 16.1. The van der Waals surface area contributed by atoms with Crippen molar-refractivity contribution < 1.29 is 14.2 Å². The number of hydrogen-bond donors (Lipinski definition) is 0. The SMILES string of the molecule is CCc1c(OC)c(OC)cc2cc(OC)ccc12. The van der Waals surface area contributed by atoms with E-state index in [-0.39, 0.29) is 0 Å². The van der Waals surface area contributed by atoms with Crippen LogP contribution in [0.2, 0.25) is 0 Å². The molecule has 0 fully saturated rings. The number of hydrogen-bond acceptors (Lipinski definition) is 3. The van der Waals surface area contributed by atoms with Gasteiger partial charge in [0.2, 0.25) is 0 Å². The maximum absolute atomic E-state index is 5.47. The number of methoxy groups -OCH3 is 3. The predicted octanol–water partition coefficient (Wildman–Crippen LogP) is 3.43. The summed E-state index contributed by atoms with van der Waals surface area (Å²) in [4.78, 5) is 0. The van der Waals surface area contributed by atoms with Crippen molar-refractivity contribution in [1.82, 2.24) is 0 Å². The Kier molecular flexibility index (Phi) is 3.60. The van der Waals surface area contributed by atoms with Crippen molar-refractivity contribution >= 4 is 10.8 Å². The van der Waals surface area contributed by atoms with Crippen molar-refractivity contribution in [2.45, 2.75) is 13.3 Å². The molecule has 0 unspecified atom stereocenters. The normalized spacial score (nSPS) is 10.4. The minimum absolute atomic E-state index is 0.759. The fourth-order valence-electron chi connectivity index (χ4n) is 2.27. The molecule has 0 amide bonds. The number of fused-ring (bicyclic) bond motifs is 1. The van der Waals surface area contributed by atoms with E-state index >= 15 is 0 Å². The summed E-state index contributed by atoms with van der Waals surface area (Å²) in [5, 5.41) is 2.28. The van der Waals surface area contributed by atoms with Gasteiger partial charge in [-0.1, -0.05) is 13.0 Å². The summed E-state index contributed by atoms with van der Waals surface area (Å²) in [7, 11) is 5.00. The van der Waals surface area contributed by atoms with Gasteiger partial charge in [-0.05, 0) is 35.4 Å². The molecular formula is C15H18O3. The Morgan fingerprint density at radius 2 is 1.72 bits per heavy atom. The van der Waals surface area contributed by atoms with Crippen LogP contribution in [0.4, 0.5) is 0 Å². The molecule has 3 nitrogen and oxygen atoms in total. The third-order valence-corrected chi connectivity index (χ3v) is 3.15. The van der Waals surface area contributed by atoms with Crippen molar-refractivity contribution in [3.63, 3.8) is 0 Å². The van der Waals surface area contributed by atoms with Crippen molar-refractivity contribution in [3.05, 3.63) is 29.8 Å². The molecule has 96 valence electrons. The molecule has 0 aliphatic carbocycles. The second kappa shape index (κ2) is 5.17. The van der Waals surface area contributed by atoms with Crippen molar-refractivity contribution in [2.75, 3.05) is 21.3 Å². The van der Waals surface area contributed by atoms with Crippen molar-refractivity contribution in [2.24, 2.45) is 0 Å². The van der Waals surface area contributed by atoms with E-state index in [4.69, 9.17) is 14.2 Å². The zero-order valence-corrected chi connectivity index (χ0v) is 11.2. The summed E-state index contributed by atoms with van der Waals surface area (Å²) in [6.45, 7) is 2.11. The second-order valence-electron chi connectivity index (χ2n) is 4.03. The summed E-state index contributed by atoms with van der Waals surface area (Å²) in [6, 6.07) is 8.02. The van der Waals surface area contributed by atoms with Gasteiger partial charge in [0.15, 0.2) is 11.5 Å². The van der Waals surface area contributed by atoms with Gasteiger partial charge in [0, 0.05) is 5.56 Å². The first-order chi connectivity index (χ1) is 8.74. The first kappa shape index (κ1) is 12.6. The van der Waals surface area contributed by atoms with Gasteiger partial charge >= 0.3 is 0 Å². The lowest BCUT2D eigenvalue weighted by atomic mass is 10.0. The van der Waals surface area contributed by atoms with Crippen LogP contribution in [0.25, 0.3) is 10.8 Å². The molecule has 18 heavy (non-hydrogen) atoms. The quantitative estimate of drug-likeness (QED) is 0.827. The first-order valence-corrected chi connectivity index (χ1v) is 5.96. The Bertz CT molecular complexity index is 561. The van der Waals surface area contributed by atoms with Crippen molar-refractivity contribution in [3.8, 4) is 17.2 Å². The van der Waals surface area contributed by atoms with E-state index in [2.05, 4.69) is 13.0 Å². The third-order valence-electron chi connectivity index (χ3n) is 3.15. The number of ether oxygens (including phenoxy) is 3. The first-order valence-electron chi connectivity index (χ1n) is 5.96. The highest BCUT2D eigenvalue weighted by Crippen LogP contribution is 2.38. The molecule has 0 saturated heterocycles. The largest absolute Gasteiger partial charge is 0.497 e. The lowest BCUT2D eigenvalue weighted by molar-refractivity contribution is 0.353. The predicted molar refractivity (Wildman–Crippen MR) is 73.0 cm³/mol. The molecule has 2 aromatic carbocycles. The fourth-order valence-corrected chi connectivity index (χ4v) is 2.27. The van der Waals surface area contributed by atoms with E-state index < -0.39 is 0 Å². The van der Waals surface area contributed by atoms with Crippen LogP contribution in [0.1, 0.15) is 12.5 Å². The number of aryl methyl sites for hydroxylation is 1. The summed E-state index contributed by atoms with van der Waals surface area (Å²) >= 11 is 0. The van der Waals surface area contributed by atoms with Crippen LogP contribution in [0, 0.1) is 0 Å². The lowest BCUT2D eigenvalue weighted by Crippen LogP contribution is -1.97.